The Bertz CT molecular complexity index is 606. The van der Waals surface area contributed by atoms with Crippen LogP contribution in [-0.4, -0.2) is 17.9 Å². The summed E-state index contributed by atoms with van der Waals surface area (Å²) in [4.78, 5) is 15.3. The van der Waals surface area contributed by atoms with Gasteiger partial charge in [-0.25, -0.2) is 0 Å². The molecule has 0 unspecified atom stereocenters. The molecule has 0 N–H and O–H groups in total. The smallest absolute Gasteiger partial charge is 0.254 e. The van der Waals surface area contributed by atoms with Crippen LogP contribution in [0.25, 0.3) is 0 Å². The summed E-state index contributed by atoms with van der Waals surface area (Å²) in [6.07, 6.45) is 0. The summed E-state index contributed by atoms with van der Waals surface area (Å²) in [6, 6.07) is 9.99. The lowest BCUT2D eigenvalue weighted by Gasteiger charge is -2.17. The number of rotatable bonds is 3. The minimum atomic E-state index is 0.0713. The highest BCUT2D eigenvalue weighted by atomic mass is 79.9. The van der Waals surface area contributed by atoms with Crippen LogP contribution in [0.3, 0.4) is 0 Å². The molecule has 19 heavy (non-hydrogen) atoms. The lowest BCUT2D eigenvalue weighted by atomic mass is 10.0. The molecule has 2 aromatic rings. The maximum absolute atomic E-state index is 12.4. The Morgan fingerprint density at radius 2 is 2.00 bits per heavy atom. The van der Waals surface area contributed by atoms with Crippen LogP contribution in [0.4, 0.5) is 0 Å². The van der Waals surface area contributed by atoms with Gasteiger partial charge in [0.15, 0.2) is 0 Å². The lowest BCUT2D eigenvalue weighted by molar-refractivity contribution is 0.0786. The van der Waals surface area contributed by atoms with Crippen molar-refractivity contribution >= 4 is 33.2 Å². The van der Waals surface area contributed by atoms with Crippen LogP contribution >= 0.6 is 27.3 Å². The van der Waals surface area contributed by atoms with E-state index < -0.39 is 0 Å². The van der Waals surface area contributed by atoms with Gasteiger partial charge in [0.2, 0.25) is 0 Å². The third kappa shape index (κ3) is 3.45. The largest absolute Gasteiger partial charge is 0.337 e. The van der Waals surface area contributed by atoms with Crippen LogP contribution in [0.5, 0.6) is 0 Å². The van der Waals surface area contributed by atoms with Crippen molar-refractivity contribution in [2.45, 2.75) is 20.4 Å². The van der Waals surface area contributed by atoms with Crippen molar-refractivity contribution < 1.29 is 4.79 Å². The van der Waals surface area contributed by atoms with E-state index in [0.29, 0.717) is 6.54 Å². The second kappa shape index (κ2) is 5.88. The number of aryl methyl sites for hydroxylation is 2. The van der Waals surface area contributed by atoms with E-state index in [9.17, 15) is 4.79 Å². The number of hydrogen-bond donors (Lipinski definition) is 0. The van der Waals surface area contributed by atoms with Crippen LogP contribution < -0.4 is 0 Å². The van der Waals surface area contributed by atoms with Crippen LogP contribution in [-0.2, 0) is 6.54 Å². The molecule has 100 valence electrons. The summed E-state index contributed by atoms with van der Waals surface area (Å²) in [6.45, 7) is 4.66. The van der Waals surface area contributed by atoms with Gasteiger partial charge < -0.3 is 4.90 Å². The first-order valence-corrected chi connectivity index (χ1v) is 7.65. The van der Waals surface area contributed by atoms with Crippen molar-refractivity contribution in [3.05, 3.63) is 55.7 Å². The van der Waals surface area contributed by atoms with Gasteiger partial charge in [-0.15, -0.1) is 11.3 Å². The summed E-state index contributed by atoms with van der Waals surface area (Å²) in [7, 11) is 1.84. The van der Waals surface area contributed by atoms with Gasteiger partial charge in [-0.2, -0.15) is 0 Å². The fourth-order valence-corrected chi connectivity index (χ4v) is 3.54. The highest BCUT2D eigenvalue weighted by Crippen LogP contribution is 2.23. The topological polar surface area (TPSA) is 20.3 Å². The molecule has 0 saturated heterocycles. The second-order valence-electron chi connectivity index (χ2n) is 4.69. The van der Waals surface area contributed by atoms with E-state index in [0.717, 1.165) is 14.9 Å². The number of benzene rings is 1. The van der Waals surface area contributed by atoms with Gasteiger partial charge in [0.25, 0.3) is 5.91 Å². The molecule has 1 aromatic heterocycles. The Labute approximate surface area is 126 Å². The predicted octanol–water partition coefficient (Wildman–Crippen LogP) is 4.40. The average Bonchev–Trinajstić information content (AvgIpc) is 2.74. The molecule has 2 rings (SSSR count). The van der Waals surface area contributed by atoms with Crippen LogP contribution in [0, 0.1) is 13.8 Å². The van der Waals surface area contributed by atoms with Crippen molar-refractivity contribution in [1.29, 1.82) is 0 Å². The number of halogens is 1. The minimum absolute atomic E-state index is 0.0713. The SMILES string of the molecule is Cc1ccc(C(=O)N(C)Cc2ccc(Br)s2)c(C)c1. The maximum atomic E-state index is 12.4. The maximum Gasteiger partial charge on any atom is 0.254 e. The quantitative estimate of drug-likeness (QED) is 0.812. The van der Waals surface area contributed by atoms with Crippen molar-refractivity contribution in [3.8, 4) is 0 Å². The molecular weight excluding hydrogens is 322 g/mol. The number of carbonyl (C=O) groups excluding carboxylic acids is 1. The van der Waals surface area contributed by atoms with Crippen molar-refractivity contribution in [2.24, 2.45) is 0 Å². The molecule has 1 amide bonds. The van der Waals surface area contributed by atoms with Crippen LogP contribution in [0.15, 0.2) is 34.1 Å². The molecule has 0 fully saturated rings. The molecule has 0 aliphatic heterocycles. The number of nitrogens with zero attached hydrogens (tertiary/aromatic N) is 1. The van der Waals surface area contributed by atoms with Gasteiger partial charge in [-0.3, -0.25) is 4.79 Å². The van der Waals surface area contributed by atoms with E-state index in [4.69, 9.17) is 0 Å². The van der Waals surface area contributed by atoms with Crippen LogP contribution in [0.2, 0.25) is 0 Å². The minimum Gasteiger partial charge on any atom is -0.337 e. The Kier molecular flexibility index (Phi) is 4.42. The van der Waals surface area contributed by atoms with E-state index in [1.54, 1.807) is 16.2 Å². The number of thiophene rings is 1. The molecule has 0 aliphatic carbocycles. The monoisotopic (exact) mass is 337 g/mol. The Morgan fingerprint density at radius 1 is 1.26 bits per heavy atom. The highest BCUT2D eigenvalue weighted by Gasteiger charge is 2.14. The van der Waals surface area contributed by atoms with Crippen molar-refractivity contribution in [3.63, 3.8) is 0 Å². The first kappa shape index (κ1) is 14.3. The molecule has 0 bridgehead atoms. The zero-order valence-electron chi connectivity index (χ0n) is 11.2. The standard InChI is InChI=1S/C15H16BrNOS/c1-10-4-6-13(11(2)8-10)15(18)17(3)9-12-5-7-14(16)19-12/h4-8H,9H2,1-3H3. The first-order valence-electron chi connectivity index (χ1n) is 6.04. The molecule has 0 spiro atoms. The van der Waals surface area contributed by atoms with E-state index in [2.05, 4.69) is 15.9 Å². The normalized spacial score (nSPS) is 10.5. The van der Waals surface area contributed by atoms with Crippen molar-refractivity contribution in [1.82, 2.24) is 4.90 Å². The molecule has 1 heterocycles. The molecule has 0 atom stereocenters. The second-order valence-corrected chi connectivity index (χ2v) is 7.23. The van der Waals surface area contributed by atoms with E-state index in [1.165, 1.54) is 10.4 Å². The van der Waals surface area contributed by atoms with E-state index in [1.807, 2.05) is 51.2 Å². The van der Waals surface area contributed by atoms with Gasteiger partial charge in [-0.1, -0.05) is 17.7 Å². The number of amides is 1. The summed E-state index contributed by atoms with van der Waals surface area (Å²) >= 11 is 5.10. The highest BCUT2D eigenvalue weighted by molar-refractivity contribution is 9.11. The van der Waals surface area contributed by atoms with Crippen molar-refractivity contribution in [2.75, 3.05) is 7.05 Å². The van der Waals surface area contributed by atoms with Crippen LogP contribution in [0.1, 0.15) is 26.4 Å². The molecule has 0 aliphatic rings. The fourth-order valence-electron chi connectivity index (χ4n) is 2.00. The molecule has 0 saturated carbocycles. The Morgan fingerprint density at radius 3 is 2.58 bits per heavy atom. The zero-order valence-corrected chi connectivity index (χ0v) is 13.6. The van der Waals surface area contributed by atoms with Gasteiger partial charge in [-0.05, 0) is 53.5 Å². The Balaban J connectivity index is 2.14. The zero-order chi connectivity index (χ0) is 14.0. The predicted molar refractivity (Wildman–Crippen MR) is 83.7 cm³/mol. The third-order valence-corrected chi connectivity index (χ3v) is 4.59. The Hall–Kier alpha value is -1.13. The van der Waals surface area contributed by atoms with Gasteiger partial charge in [0.05, 0.1) is 10.3 Å². The fraction of sp³-hybridized carbons (Fsp3) is 0.267. The molecular formula is C15H16BrNOS. The molecule has 2 nitrogen and oxygen atoms in total. The first-order chi connectivity index (χ1) is 8.97. The van der Waals surface area contributed by atoms with E-state index >= 15 is 0 Å². The van der Waals surface area contributed by atoms with E-state index in [-0.39, 0.29) is 5.91 Å². The third-order valence-electron chi connectivity index (χ3n) is 2.98. The van der Waals surface area contributed by atoms with Gasteiger partial charge in [0, 0.05) is 17.5 Å². The molecule has 0 radical (unpaired) electrons. The summed E-state index contributed by atoms with van der Waals surface area (Å²) in [5.74, 6) is 0.0713. The van der Waals surface area contributed by atoms with Gasteiger partial charge >= 0.3 is 0 Å². The average molecular weight is 338 g/mol. The lowest BCUT2D eigenvalue weighted by Crippen LogP contribution is -2.26. The summed E-state index contributed by atoms with van der Waals surface area (Å²) < 4.78 is 1.09. The molecule has 1 aromatic carbocycles. The summed E-state index contributed by atoms with van der Waals surface area (Å²) in [5.41, 5.74) is 2.99. The summed E-state index contributed by atoms with van der Waals surface area (Å²) in [5, 5.41) is 0. The number of hydrogen-bond acceptors (Lipinski definition) is 2. The van der Waals surface area contributed by atoms with Gasteiger partial charge in [0.1, 0.15) is 0 Å². The number of carbonyl (C=O) groups is 1. The molecule has 4 heteroatoms.